The average Bonchev–Trinajstić information content (AvgIpc) is 3.29. The number of carbonyl (C=O) groups excluding carboxylic acids is 3. The van der Waals surface area contributed by atoms with Gasteiger partial charge in [-0.3, -0.25) is 25.2 Å². The van der Waals surface area contributed by atoms with Crippen molar-refractivity contribution in [1.29, 1.82) is 0 Å². The van der Waals surface area contributed by atoms with Crippen LogP contribution in [0.2, 0.25) is 0 Å². The first kappa shape index (κ1) is 15.9. The number of hydrazine groups is 1. The summed E-state index contributed by atoms with van der Waals surface area (Å²) in [6.45, 7) is -0.0409. The van der Waals surface area contributed by atoms with Crippen LogP contribution in [0.4, 0.5) is 8.78 Å². The fourth-order valence-electron chi connectivity index (χ4n) is 1.70. The van der Waals surface area contributed by atoms with Crippen molar-refractivity contribution >= 4 is 17.7 Å². The van der Waals surface area contributed by atoms with Crippen molar-refractivity contribution in [2.75, 3.05) is 6.54 Å². The van der Waals surface area contributed by atoms with Crippen molar-refractivity contribution in [2.45, 2.75) is 19.3 Å². The molecule has 0 aliphatic heterocycles. The third kappa shape index (κ3) is 4.51. The maximum Gasteiger partial charge on any atom is 0.254 e. The standard InChI is InChI=1S/C14H15F2N3O3/c15-9-3-4-10(11(16)7-9)14(22)17-6-5-12(20)18-19-13(21)8-1-2-8/h3-4,7-8H,1-2,5-6H2,(H,17,22)(H,18,20)(H,19,21). The van der Waals surface area contributed by atoms with Crippen LogP contribution in [0, 0.1) is 17.6 Å². The van der Waals surface area contributed by atoms with Crippen LogP contribution >= 0.6 is 0 Å². The highest BCUT2D eigenvalue weighted by Gasteiger charge is 2.29. The maximum atomic E-state index is 13.4. The summed E-state index contributed by atoms with van der Waals surface area (Å²) in [4.78, 5) is 34.3. The Kier molecular flexibility index (Phi) is 5.03. The molecule has 0 unspecified atom stereocenters. The van der Waals surface area contributed by atoms with Gasteiger partial charge in [0.05, 0.1) is 5.56 Å². The Morgan fingerprint density at radius 2 is 1.86 bits per heavy atom. The molecule has 1 aliphatic rings. The van der Waals surface area contributed by atoms with Gasteiger partial charge in [-0.1, -0.05) is 0 Å². The van der Waals surface area contributed by atoms with Crippen LogP contribution < -0.4 is 16.2 Å². The number of nitrogens with one attached hydrogen (secondary N) is 3. The highest BCUT2D eigenvalue weighted by Crippen LogP contribution is 2.28. The molecule has 3 N–H and O–H groups in total. The summed E-state index contributed by atoms with van der Waals surface area (Å²) in [5.41, 5.74) is 4.20. The first-order chi connectivity index (χ1) is 10.5. The molecular weight excluding hydrogens is 296 g/mol. The molecule has 3 amide bonds. The summed E-state index contributed by atoms with van der Waals surface area (Å²) in [6.07, 6.45) is 1.56. The summed E-state index contributed by atoms with van der Waals surface area (Å²) in [5, 5.41) is 2.34. The zero-order valence-corrected chi connectivity index (χ0v) is 11.6. The van der Waals surface area contributed by atoms with Crippen LogP contribution in [0.15, 0.2) is 18.2 Å². The molecule has 2 rings (SSSR count). The van der Waals surface area contributed by atoms with E-state index in [-0.39, 0.29) is 30.4 Å². The average molecular weight is 311 g/mol. The van der Waals surface area contributed by atoms with Crippen molar-refractivity contribution in [3.05, 3.63) is 35.4 Å². The Bertz CT molecular complexity index is 603. The van der Waals surface area contributed by atoms with E-state index in [0.717, 1.165) is 25.0 Å². The first-order valence-corrected chi connectivity index (χ1v) is 6.79. The number of hydrogen-bond acceptors (Lipinski definition) is 3. The lowest BCUT2D eigenvalue weighted by molar-refractivity contribution is -0.129. The van der Waals surface area contributed by atoms with Crippen molar-refractivity contribution in [3.63, 3.8) is 0 Å². The monoisotopic (exact) mass is 311 g/mol. The van der Waals surface area contributed by atoms with Crippen molar-refractivity contribution < 1.29 is 23.2 Å². The number of halogens is 2. The molecule has 0 radical (unpaired) electrons. The molecule has 1 fully saturated rings. The Labute approximate surface area is 125 Å². The molecule has 0 saturated heterocycles. The summed E-state index contributed by atoms with van der Waals surface area (Å²) >= 11 is 0. The van der Waals surface area contributed by atoms with E-state index in [4.69, 9.17) is 0 Å². The molecular formula is C14H15F2N3O3. The number of carbonyl (C=O) groups is 3. The van der Waals surface area contributed by atoms with Gasteiger partial charge in [0.1, 0.15) is 11.6 Å². The molecule has 8 heteroatoms. The normalized spacial score (nSPS) is 13.4. The van der Waals surface area contributed by atoms with E-state index in [9.17, 15) is 23.2 Å². The largest absolute Gasteiger partial charge is 0.351 e. The van der Waals surface area contributed by atoms with E-state index in [0.29, 0.717) is 6.07 Å². The highest BCUT2D eigenvalue weighted by atomic mass is 19.1. The second kappa shape index (κ2) is 6.97. The van der Waals surface area contributed by atoms with Gasteiger partial charge in [0.15, 0.2) is 0 Å². The minimum Gasteiger partial charge on any atom is -0.351 e. The van der Waals surface area contributed by atoms with Gasteiger partial charge < -0.3 is 5.32 Å². The van der Waals surface area contributed by atoms with E-state index in [1.165, 1.54) is 0 Å². The van der Waals surface area contributed by atoms with Gasteiger partial charge in [-0.2, -0.15) is 0 Å². The van der Waals surface area contributed by atoms with E-state index in [1.807, 2.05) is 0 Å². The fourth-order valence-corrected chi connectivity index (χ4v) is 1.70. The van der Waals surface area contributed by atoms with E-state index in [2.05, 4.69) is 16.2 Å². The lowest BCUT2D eigenvalue weighted by atomic mass is 10.2. The number of amides is 3. The quantitative estimate of drug-likeness (QED) is 0.698. The van der Waals surface area contributed by atoms with Crippen LogP contribution in [0.3, 0.4) is 0 Å². The Morgan fingerprint density at radius 1 is 1.14 bits per heavy atom. The Morgan fingerprint density at radius 3 is 2.50 bits per heavy atom. The summed E-state index contributed by atoms with van der Waals surface area (Å²) in [5.74, 6) is -3.23. The van der Waals surface area contributed by atoms with E-state index in [1.54, 1.807) is 0 Å². The lowest BCUT2D eigenvalue weighted by Crippen LogP contribution is -2.43. The number of benzene rings is 1. The van der Waals surface area contributed by atoms with Gasteiger partial charge in [-0.25, -0.2) is 8.78 Å². The van der Waals surface area contributed by atoms with E-state index < -0.39 is 23.4 Å². The first-order valence-electron chi connectivity index (χ1n) is 6.79. The number of rotatable bonds is 5. The van der Waals surface area contributed by atoms with Crippen molar-refractivity contribution in [2.24, 2.45) is 5.92 Å². The lowest BCUT2D eigenvalue weighted by Gasteiger charge is -2.08. The molecule has 1 aromatic carbocycles. The Hall–Kier alpha value is -2.51. The van der Waals surface area contributed by atoms with Crippen LogP contribution in [0.1, 0.15) is 29.6 Å². The predicted molar refractivity (Wildman–Crippen MR) is 72.3 cm³/mol. The van der Waals surface area contributed by atoms with Crippen molar-refractivity contribution in [1.82, 2.24) is 16.2 Å². The molecule has 1 aromatic rings. The minimum absolute atomic E-state index is 0.0264. The van der Waals surface area contributed by atoms with Crippen molar-refractivity contribution in [3.8, 4) is 0 Å². The topological polar surface area (TPSA) is 87.3 Å². The number of hydrogen-bond donors (Lipinski definition) is 3. The fraction of sp³-hybridized carbons (Fsp3) is 0.357. The second-order valence-corrected chi connectivity index (χ2v) is 4.94. The molecule has 1 saturated carbocycles. The van der Waals surface area contributed by atoms with Gasteiger partial charge in [0.2, 0.25) is 11.8 Å². The van der Waals surface area contributed by atoms with Gasteiger partial charge in [0, 0.05) is 24.9 Å². The predicted octanol–water partition coefficient (Wildman–Crippen LogP) is 0.642. The molecule has 22 heavy (non-hydrogen) atoms. The molecule has 6 nitrogen and oxygen atoms in total. The van der Waals surface area contributed by atoms with Gasteiger partial charge >= 0.3 is 0 Å². The van der Waals surface area contributed by atoms with Gasteiger partial charge in [0.25, 0.3) is 5.91 Å². The van der Waals surface area contributed by atoms with E-state index >= 15 is 0 Å². The molecule has 0 bridgehead atoms. The summed E-state index contributed by atoms with van der Waals surface area (Å²) in [6, 6.07) is 2.60. The van der Waals surface area contributed by atoms with Crippen LogP contribution in [-0.4, -0.2) is 24.3 Å². The van der Waals surface area contributed by atoms with Crippen LogP contribution in [0.5, 0.6) is 0 Å². The smallest absolute Gasteiger partial charge is 0.254 e. The SMILES string of the molecule is O=C(CCNC(=O)c1ccc(F)cc1F)NNC(=O)C1CC1. The van der Waals surface area contributed by atoms with Gasteiger partial charge in [-0.15, -0.1) is 0 Å². The third-order valence-corrected chi connectivity index (χ3v) is 3.09. The summed E-state index contributed by atoms with van der Waals surface area (Å²) in [7, 11) is 0. The zero-order chi connectivity index (χ0) is 16.1. The zero-order valence-electron chi connectivity index (χ0n) is 11.6. The third-order valence-electron chi connectivity index (χ3n) is 3.09. The van der Waals surface area contributed by atoms with Gasteiger partial charge in [-0.05, 0) is 25.0 Å². The van der Waals surface area contributed by atoms with Crippen LogP contribution in [-0.2, 0) is 9.59 Å². The molecule has 0 spiro atoms. The second-order valence-electron chi connectivity index (χ2n) is 4.94. The molecule has 118 valence electrons. The van der Waals surface area contributed by atoms with Crippen LogP contribution in [0.25, 0.3) is 0 Å². The molecule has 0 atom stereocenters. The molecule has 0 heterocycles. The Balaban J connectivity index is 1.69. The highest BCUT2D eigenvalue weighted by molar-refractivity contribution is 5.94. The maximum absolute atomic E-state index is 13.4. The molecule has 1 aliphatic carbocycles. The molecule has 0 aromatic heterocycles. The minimum atomic E-state index is -0.973. The summed E-state index contributed by atoms with van der Waals surface area (Å²) < 4.78 is 26.1.